The van der Waals surface area contributed by atoms with Gasteiger partial charge < -0.3 is 10.2 Å². The lowest BCUT2D eigenvalue weighted by molar-refractivity contribution is -0.124. The molecule has 3 aromatic rings. The second kappa shape index (κ2) is 10.5. The Morgan fingerprint density at radius 1 is 1.00 bits per heavy atom. The average Bonchev–Trinajstić information content (AvgIpc) is 3.65. The molecule has 0 spiro atoms. The van der Waals surface area contributed by atoms with Crippen LogP contribution in [0.5, 0.6) is 0 Å². The number of amides is 1. The molecule has 1 saturated carbocycles. The maximum Gasteiger partial charge on any atom is 0.350 e. The fourth-order valence-electron chi connectivity index (χ4n) is 5.16. The fourth-order valence-corrected chi connectivity index (χ4v) is 5.16. The van der Waals surface area contributed by atoms with Crippen molar-refractivity contribution < 1.29 is 4.79 Å². The van der Waals surface area contributed by atoms with E-state index >= 15 is 0 Å². The highest BCUT2D eigenvalue weighted by Gasteiger charge is 2.32. The van der Waals surface area contributed by atoms with E-state index in [2.05, 4.69) is 46.5 Å². The lowest BCUT2D eigenvalue weighted by Gasteiger charge is -2.37. The molecule has 1 atom stereocenters. The highest BCUT2D eigenvalue weighted by atomic mass is 16.2. The van der Waals surface area contributed by atoms with Crippen molar-refractivity contribution in [3.63, 3.8) is 0 Å². The molecule has 1 aromatic heterocycles. The number of nitrogens with one attached hydrogen (secondary N) is 1. The first-order valence-electron chi connectivity index (χ1n) is 13.0. The Labute approximate surface area is 206 Å². The van der Waals surface area contributed by atoms with E-state index in [4.69, 9.17) is 0 Å². The van der Waals surface area contributed by atoms with E-state index in [1.165, 1.54) is 12.8 Å². The maximum absolute atomic E-state index is 13.1. The zero-order valence-corrected chi connectivity index (χ0v) is 20.5. The van der Waals surface area contributed by atoms with Crippen LogP contribution in [0, 0.1) is 11.8 Å². The lowest BCUT2D eigenvalue weighted by atomic mass is 9.79. The molecular weight excluding hydrogens is 438 g/mol. The second-order valence-electron chi connectivity index (χ2n) is 9.93. The smallest absolute Gasteiger partial charge is 0.350 e. The Kier molecular flexibility index (Phi) is 7.02. The summed E-state index contributed by atoms with van der Waals surface area (Å²) in [6, 6.07) is 18.4. The van der Waals surface area contributed by atoms with Gasteiger partial charge in [-0.2, -0.15) is 5.10 Å². The van der Waals surface area contributed by atoms with Crippen molar-refractivity contribution in [2.24, 2.45) is 11.8 Å². The van der Waals surface area contributed by atoms with E-state index < -0.39 is 0 Å². The number of hydrogen-bond acceptors (Lipinski definition) is 4. The second-order valence-corrected chi connectivity index (χ2v) is 9.93. The molecule has 0 radical (unpaired) electrons. The summed E-state index contributed by atoms with van der Waals surface area (Å²) in [5.41, 5.74) is 3.03. The Morgan fingerprint density at radius 2 is 1.69 bits per heavy atom. The van der Waals surface area contributed by atoms with Gasteiger partial charge in [-0.25, -0.2) is 14.0 Å². The minimum absolute atomic E-state index is 0.0706. The monoisotopic (exact) mass is 473 g/mol. The number of hydrogen-bond donors (Lipinski definition) is 1. The topological polar surface area (TPSA) is 72.2 Å². The minimum atomic E-state index is -0.105. The summed E-state index contributed by atoms with van der Waals surface area (Å²) in [5.74, 6) is 0.973. The molecule has 0 bridgehead atoms. The van der Waals surface area contributed by atoms with Crippen LogP contribution >= 0.6 is 0 Å². The molecule has 184 valence electrons. The molecule has 1 unspecified atom stereocenters. The van der Waals surface area contributed by atoms with Crippen LogP contribution in [0.1, 0.15) is 50.5 Å². The normalized spacial score (nSPS) is 17.3. The standard InChI is InChI=1S/C28H35N5O2/c1-2-16-29-27(34)26(22-6-4-3-5-7-22)23-14-17-31(18-15-23)24-10-12-25(13-11-24)32-20-30-33(28(32)35)19-21-8-9-21/h3-7,10-13,20-21,23,26H,2,8-9,14-19H2,1H3,(H,29,34). The first-order valence-corrected chi connectivity index (χ1v) is 13.0. The van der Waals surface area contributed by atoms with Crippen LogP contribution < -0.4 is 15.9 Å². The largest absolute Gasteiger partial charge is 0.372 e. The van der Waals surface area contributed by atoms with Gasteiger partial charge >= 0.3 is 5.69 Å². The predicted octanol–water partition coefficient (Wildman–Crippen LogP) is 3.97. The van der Waals surface area contributed by atoms with Crippen LogP contribution in [0.15, 0.2) is 65.7 Å². The van der Waals surface area contributed by atoms with Crippen molar-refractivity contribution in [2.45, 2.75) is 51.5 Å². The first-order chi connectivity index (χ1) is 17.1. The summed E-state index contributed by atoms with van der Waals surface area (Å²) < 4.78 is 3.20. The van der Waals surface area contributed by atoms with Crippen molar-refractivity contribution in [3.8, 4) is 5.69 Å². The number of rotatable bonds is 9. The van der Waals surface area contributed by atoms with Crippen molar-refractivity contribution in [3.05, 3.63) is 77.0 Å². The van der Waals surface area contributed by atoms with Crippen LogP contribution in [0.2, 0.25) is 0 Å². The first kappa shape index (κ1) is 23.4. The predicted molar refractivity (Wildman–Crippen MR) is 138 cm³/mol. The number of carbonyl (C=O) groups excluding carboxylic acids is 1. The molecule has 2 fully saturated rings. The summed E-state index contributed by atoms with van der Waals surface area (Å²) in [6.45, 7) is 5.34. The van der Waals surface area contributed by atoms with Gasteiger partial charge in [-0.05, 0) is 73.8 Å². The Bertz CT molecular complexity index is 1170. The van der Waals surface area contributed by atoms with E-state index in [9.17, 15) is 9.59 Å². The number of anilines is 1. The van der Waals surface area contributed by atoms with Gasteiger partial charge in [-0.15, -0.1) is 0 Å². The van der Waals surface area contributed by atoms with Crippen LogP contribution in [0.4, 0.5) is 5.69 Å². The van der Waals surface area contributed by atoms with Gasteiger partial charge in [-0.1, -0.05) is 37.3 Å². The molecule has 1 aliphatic heterocycles. The Balaban J connectivity index is 1.24. The molecular formula is C28H35N5O2. The molecule has 2 heterocycles. The minimum Gasteiger partial charge on any atom is -0.372 e. The average molecular weight is 474 g/mol. The molecule has 7 nitrogen and oxygen atoms in total. The molecule has 1 aliphatic carbocycles. The molecule has 2 aliphatic rings. The quantitative estimate of drug-likeness (QED) is 0.510. The van der Waals surface area contributed by atoms with E-state index in [0.717, 1.165) is 62.4 Å². The van der Waals surface area contributed by atoms with E-state index in [0.29, 0.717) is 11.8 Å². The summed E-state index contributed by atoms with van der Waals surface area (Å²) in [4.78, 5) is 28.1. The van der Waals surface area contributed by atoms with Gasteiger partial charge in [0.05, 0.1) is 11.6 Å². The zero-order chi connectivity index (χ0) is 24.2. The summed E-state index contributed by atoms with van der Waals surface area (Å²) in [6.07, 6.45) is 6.89. The van der Waals surface area contributed by atoms with Crippen molar-refractivity contribution >= 4 is 11.6 Å². The van der Waals surface area contributed by atoms with Crippen LogP contribution in [0.3, 0.4) is 0 Å². The summed E-state index contributed by atoms with van der Waals surface area (Å²) in [5, 5.41) is 7.42. The zero-order valence-electron chi connectivity index (χ0n) is 20.5. The van der Waals surface area contributed by atoms with Gasteiger partial charge in [0, 0.05) is 31.9 Å². The molecule has 2 aromatic carbocycles. The molecule has 1 N–H and O–H groups in total. The SMILES string of the molecule is CCCNC(=O)C(c1ccccc1)C1CCN(c2ccc(-n3cnn(CC4CC4)c3=O)cc2)CC1. The third-order valence-corrected chi connectivity index (χ3v) is 7.36. The van der Waals surface area contributed by atoms with Crippen molar-refractivity contribution in [1.82, 2.24) is 19.7 Å². The molecule has 1 amide bonds. The van der Waals surface area contributed by atoms with Crippen molar-refractivity contribution in [2.75, 3.05) is 24.5 Å². The highest BCUT2D eigenvalue weighted by molar-refractivity contribution is 5.84. The number of aromatic nitrogens is 3. The van der Waals surface area contributed by atoms with Gasteiger partial charge in [0.2, 0.25) is 5.91 Å². The third-order valence-electron chi connectivity index (χ3n) is 7.36. The van der Waals surface area contributed by atoms with Gasteiger partial charge in [-0.3, -0.25) is 4.79 Å². The molecule has 7 heteroatoms. The van der Waals surface area contributed by atoms with Crippen LogP contribution in [-0.2, 0) is 11.3 Å². The Morgan fingerprint density at radius 3 is 2.34 bits per heavy atom. The highest BCUT2D eigenvalue weighted by Crippen LogP contribution is 2.34. The number of carbonyl (C=O) groups is 1. The fraction of sp³-hybridized carbons (Fsp3) is 0.464. The van der Waals surface area contributed by atoms with Crippen molar-refractivity contribution in [1.29, 1.82) is 0 Å². The van der Waals surface area contributed by atoms with E-state index in [-0.39, 0.29) is 17.5 Å². The molecule has 5 rings (SSSR count). The number of benzene rings is 2. The Hall–Kier alpha value is -3.35. The number of piperidine rings is 1. The summed E-state index contributed by atoms with van der Waals surface area (Å²) >= 11 is 0. The van der Waals surface area contributed by atoms with E-state index in [1.807, 2.05) is 30.3 Å². The third kappa shape index (κ3) is 5.34. The molecule has 1 saturated heterocycles. The van der Waals surface area contributed by atoms with E-state index in [1.54, 1.807) is 15.6 Å². The molecule has 35 heavy (non-hydrogen) atoms. The maximum atomic E-state index is 13.1. The van der Waals surface area contributed by atoms with Gasteiger partial charge in [0.15, 0.2) is 0 Å². The summed E-state index contributed by atoms with van der Waals surface area (Å²) in [7, 11) is 0. The van der Waals surface area contributed by atoms with Crippen LogP contribution in [-0.4, -0.2) is 39.9 Å². The van der Waals surface area contributed by atoms with Crippen LogP contribution in [0.25, 0.3) is 5.69 Å². The van der Waals surface area contributed by atoms with Gasteiger partial charge in [0.1, 0.15) is 6.33 Å². The van der Waals surface area contributed by atoms with Gasteiger partial charge in [0.25, 0.3) is 0 Å². The lowest BCUT2D eigenvalue weighted by Crippen LogP contribution is -2.40. The number of nitrogens with zero attached hydrogens (tertiary/aromatic N) is 4.